The van der Waals surface area contributed by atoms with E-state index < -0.39 is 24.1 Å². The summed E-state index contributed by atoms with van der Waals surface area (Å²) in [5.41, 5.74) is 9.07. The van der Waals surface area contributed by atoms with Crippen LogP contribution in [0.1, 0.15) is 10.5 Å². The molecule has 0 saturated carbocycles. The minimum Gasteiger partial charge on any atom is -0.497 e. The van der Waals surface area contributed by atoms with Gasteiger partial charge in [-0.1, -0.05) is 12.1 Å². The smallest absolute Gasteiger partial charge is 0.490 e. The number of halogens is 3. The van der Waals surface area contributed by atoms with E-state index >= 15 is 0 Å². The van der Waals surface area contributed by atoms with Crippen molar-refractivity contribution in [3.05, 3.63) is 66.6 Å². The van der Waals surface area contributed by atoms with Crippen LogP contribution in [0.5, 0.6) is 11.5 Å². The number of carbonyl (C=O) groups is 3. The highest BCUT2D eigenvalue weighted by Gasteiger charge is 2.38. The molecule has 4 rings (SSSR count). The number of fused-ring (bicyclic) bond motifs is 1. The number of nitrogens with zero attached hydrogens (tertiary/aromatic N) is 1. The Morgan fingerprint density at radius 2 is 1.67 bits per heavy atom. The second-order valence-corrected chi connectivity index (χ2v) is 7.69. The van der Waals surface area contributed by atoms with Gasteiger partial charge in [-0.3, -0.25) is 9.78 Å². The van der Waals surface area contributed by atoms with Crippen LogP contribution in [-0.2, 0) is 4.79 Å². The lowest BCUT2D eigenvalue weighted by atomic mass is 10.0. The SMILES string of the molecule is COc1ccc(OC)c(NC(=O)Nc2ccc(-c3c(C(N)=O)[nH]c4cnccc34)cc2)c1.O=C(O)C(F)(F)F. The number of urea groups is 1. The van der Waals surface area contributed by atoms with E-state index in [1.165, 1.54) is 7.11 Å². The molecule has 3 amide bonds. The number of aromatic nitrogens is 2. The molecule has 204 valence electrons. The zero-order valence-corrected chi connectivity index (χ0v) is 20.4. The van der Waals surface area contributed by atoms with Crippen LogP contribution in [0.15, 0.2) is 60.9 Å². The predicted octanol–water partition coefficient (Wildman–Crippen LogP) is 4.62. The number of rotatable bonds is 6. The zero-order chi connectivity index (χ0) is 28.7. The van der Waals surface area contributed by atoms with Crippen LogP contribution in [0.4, 0.5) is 29.3 Å². The third kappa shape index (κ3) is 6.94. The standard InChI is InChI=1S/C23H21N5O4.C2HF3O2/c1-31-15-7-8-19(32-2)17(11-15)28-23(30)26-14-5-3-13(4-6-14)20-16-9-10-25-12-18(16)27-21(20)22(24)29;3-2(4,5)1(6)7/h3-12,27H,1-2H3,(H2,24,29)(H2,26,28,30);(H,6,7). The maximum atomic E-state index is 12.5. The Hall–Kier alpha value is -5.27. The number of hydrogen-bond acceptors (Lipinski definition) is 6. The number of alkyl halides is 3. The number of carboxylic acids is 1. The van der Waals surface area contributed by atoms with Crippen molar-refractivity contribution < 1.29 is 42.1 Å². The maximum Gasteiger partial charge on any atom is 0.490 e. The molecule has 0 spiro atoms. The van der Waals surface area contributed by atoms with E-state index in [0.717, 1.165) is 10.9 Å². The minimum atomic E-state index is -5.08. The number of H-pyrrole nitrogens is 1. The van der Waals surface area contributed by atoms with Crippen LogP contribution >= 0.6 is 0 Å². The second-order valence-electron chi connectivity index (χ2n) is 7.69. The lowest BCUT2D eigenvalue weighted by molar-refractivity contribution is -0.192. The Kier molecular flexibility index (Phi) is 8.60. The number of carboxylic acid groups (broad SMARTS) is 1. The lowest BCUT2D eigenvalue weighted by Gasteiger charge is -2.13. The van der Waals surface area contributed by atoms with Crippen molar-refractivity contribution in [3.8, 4) is 22.6 Å². The number of aliphatic carboxylic acids is 1. The summed E-state index contributed by atoms with van der Waals surface area (Å²) >= 11 is 0. The van der Waals surface area contributed by atoms with E-state index in [0.29, 0.717) is 39.6 Å². The molecule has 0 bridgehead atoms. The number of methoxy groups -OCH3 is 2. The normalized spacial score (nSPS) is 10.7. The molecule has 2 aromatic heterocycles. The fraction of sp³-hybridized carbons (Fsp3) is 0.120. The number of nitrogens with two attached hydrogens (primary N) is 1. The zero-order valence-electron chi connectivity index (χ0n) is 20.4. The number of hydrogen-bond donors (Lipinski definition) is 5. The summed E-state index contributed by atoms with van der Waals surface area (Å²) in [6, 6.07) is 13.6. The molecule has 14 heteroatoms. The van der Waals surface area contributed by atoms with E-state index in [1.54, 1.807) is 62.0 Å². The second kappa shape index (κ2) is 11.9. The first-order valence-electron chi connectivity index (χ1n) is 10.9. The van der Waals surface area contributed by atoms with Gasteiger partial charge in [-0.15, -0.1) is 0 Å². The van der Waals surface area contributed by atoms with Crippen molar-refractivity contribution in [1.29, 1.82) is 0 Å². The first-order chi connectivity index (χ1) is 18.4. The number of benzene rings is 2. The molecule has 2 aromatic carbocycles. The molecule has 0 unspecified atom stereocenters. The summed E-state index contributed by atoms with van der Waals surface area (Å²) in [4.78, 5) is 40.4. The molecule has 11 nitrogen and oxygen atoms in total. The van der Waals surface area contributed by atoms with Crippen molar-refractivity contribution >= 4 is 40.2 Å². The van der Waals surface area contributed by atoms with Crippen LogP contribution in [0, 0.1) is 0 Å². The number of primary amides is 1. The van der Waals surface area contributed by atoms with Crippen LogP contribution in [0.2, 0.25) is 0 Å². The first-order valence-corrected chi connectivity index (χ1v) is 10.9. The molecule has 39 heavy (non-hydrogen) atoms. The van der Waals surface area contributed by atoms with Gasteiger partial charge in [-0.2, -0.15) is 13.2 Å². The van der Waals surface area contributed by atoms with Crippen LogP contribution in [0.25, 0.3) is 22.0 Å². The Balaban J connectivity index is 0.000000532. The number of nitrogens with one attached hydrogen (secondary N) is 3. The molecule has 2 heterocycles. The van der Waals surface area contributed by atoms with Gasteiger partial charge in [-0.25, -0.2) is 9.59 Å². The number of carbonyl (C=O) groups excluding carboxylic acids is 2. The summed E-state index contributed by atoms with van der Waals surface area (Å²) in [7, 11) is 3.06. The van der Waals surface area contributed by atoms with Gasteiger partial charge in [-0.05, 0) is 35.9 Å². The van der Waals surface area contributed by atoms with Crippen LogP contribution in [0.3, 0.4) is 0 Å². The van der Waals surface area contributed by atoms with E-state index in [9.17, 15) is 22.8 Å². The Labute approximate surface area is 218 Å². The molecule has 0 atom stereocenters. The highest BCUT2D eigenvalue weighted by Crippen LogP contribution is 2.33. The van der Waals surface area contributed by atoms with Crippen LogP contribution in [-0.4, -0.2) is 53.4 Å². The van der Waals surface area contributed by atoms with Gasteiger partial charge in [0.15, 0.2) is 0 Å². The quantitative estimate of drug-likeness (QED) is 0.235. The lowest BCUT2D eigenvalue weighted by Crippen LogP contribution is -2.21. The molecule has 0 fully saturated rings. The molecule has 0 aliphatic heterocycles. The third-order valence-electron chi connectivity index (χ3n) is 5.18. The molecule has 4 aromatic rings. The number of anilines is 2. The monoisotopic (exact) mass is 545 g/mol. The van der Waals surface area contributed by atoms with Gasteiger partial charge >= 0.3 is 18.2 Å². The van der Waals surface area contributed by atoms with Crippen molar-refractivity contribution in [1.82, 2.24) is 9.97 Å². The molecule has 0 aliphatic carbocycles. The third-order valence-corrected chi connectivity index (χ3v) is 5.18. The fourth-order valence-corrected chi connectivity index (χ4v) is 3.45. The fourth-order valence-electron chi connectivity index (χ4n) is 3.45. The predicted molar refractivity (Wildman–Crippen MR) is 136 cm³/mol. The number of ether oxygens (including phenoxy) is 2. The molecule has 0 aliphatic rings. The summed E-state index contributed by atoms with van der Waals surface area (Å²) < 4.78 is 42.2. The Bertz CT molecular complexity index is 1500. The topological polar surface area (TPSA) is 169 Å². The first kappa shape index (κ1) is 28.3. The number of aromatic amines is 1. The number of pyridine rings is 1. The van der Waals surface area contributed by atoms with E-state index in [2.05, 4.69) is 20.6 Å². The highest BCUT2D eigenvalue weighted by atomic mass is 19.4. The molecule has 0 saturated heterocycles. The average molecular weight is 545 g/mol. The van der Waals surface area contributed by atoms with Gasteiger partial charge in [0.2, 0.25) is 0 Å². The van der Waals surface area contributed by atoms with E-state index in [1.807, 2.05) is 6.07 Å². The summed E-state index contributed by atoms with van der Waals surface area (Å²) in [6.45, 7) is 0. The Morgan fingerprint density at radius 3 is 2.23 bits per heavy atom. The largest absolute Gasteiger partial charge is 0.497 e. The van der Waals surface area contributed by atoms with Crippen molar-refractivity contribution in [2.75, 3.05) is 24.9 Å². The Morgan fingerprint density at radius 1 is 1.00 bits per heavy atom. The molecular formula is C25H22F3N5O6. The van der Waals surface area contributed by atoms with Crippen LogP contribution < -0.4 is 25.8 Å². The van der Waals surface area contributed by atoms with E-state index in [-0.39, 0.29) is 0 Å². The number of amides is 3. The minimum absolute atomic E-state index is 0.302. The van der Waals surface area contributed by atoms with Crippen molar-refractivity contribution in [2.45, 2.75) is 6.18 Å². The highest BCUT2D eigenvalue weighted by molar-refractivity contribution is 6.09. The molecule has 6 N–H and O–H groups in total. The van der Waals surface area contributed by atoms with Gasteiger partial charge in [0.25, 0.3) is 5.91 Å². The van der Waals surface area contributed by atoms with Gasteiger partial charge in [0.05, 0.1) is 31.6 Å². The van der Waals surface area contributed by atoms with Crippen molar-refractivity contribution in [2.24, 2.45) is 5.73 Å². The van der Waals surface area contributed by atoms with Gasteiger partial charge in [0, 0.05) is 28.9 Å². The average Bonchev–Trinajstić information content (AvgIpc) is 3.29. The molecular weight excluding hydrogens is 523 g/mol. The van der Waals surface area contributed by atoms with Crippen molar-refractivity contribution in [3.63, 3.8) is 0 Å². The molecule has 0 radical (unpaired) electrons. The summed E-state index contributed by atoms with van der Waals surface area (Å²) in [5.74, 6) is -2.23. The van der Waals surface area contributed by atoms with Gasteiger partial charge in [0.1, 0.15) is 17.2 Å². The van der Waals surface area contributed by atoms with Gasteiger partial charge < -0.3 is 35.9 Å². The summed E-state index contributed by atoms with van der Waals surface area (Å²) in [6.07, 6.45) is -1.80. The van der Waals surface area contributed by atoms with E-state index in [4.69, 9.17) is 25.1 Å². The maximum absolute atomic E-state index is 12.5. The summed E-state index contributed by atoms with van der Waals surface area (Å²) in [5, 5.41) is 13.5.